The molecule has 21 heavy (non-hydrogen) atoms. The van der Waals surface area contributed by atoms with Crippen molar-refractivity contribution in [3.05, 3.63) is 53.1 Å². The Morgan fingerprint density at radius 2 is 2.00 bits per heavy atom. The smallest absolute Gasteiger partial charge is 0.356 e. The molecule has 1 heterocycles. The molecule has 110 valence electrons. The molecule has 6 heteroatoms. The van der Waals surface area contributed by atoms with Gasteiger partial charge in [-0.1, -0.05) is 18.2 Å². The van der Waals surface area contributed by atoms with Crippen LogP contribution in [0, 0.1) is 0 Å². The number of carbonyl (C=O) groups excluding carboxylic acids is 1. The summed E-state index contributed by atoms with van der Waals surface area (Å²) in [7, 11) is 0. The van der Waals surface area contributed by atoms with Crippen LogP contribution in [0.2, 0.25) is 0 Å². The Balaban J connectivity index is 2.11. The van der Waals surface area contributed by atoms with Crippen molar-refractivity contribution < 1.29 is 14.4 Å². The number of H-pyrrole nitrogens is 1. The maximum absolute atomic E-state index is 12.4. The maximum Gasteiger partial charge on any atom is 0.356 e. The summed E-state index contributed by atoms with van der Waals surface area (Å²) in [4.78, 5) is 30.3. The highest BCUT2D eigenvalue weighted by atomic mass is 16.5. The van der Waals surface area contributed by atoms with Gasteiger partial charge in [-0.25, -0.2) is 19.5 Å². The summed E-state index contributed by atoms with van der Waals surface area (Å²) in [5.74, 6) is 0.972. The molecular weight excluding hydrogens is 270 g/mol. The van der Waals surface area contributed by atoms with Crippen LogP contribution in [-0.2, 0) is 4.79 Å². The quantitative estimate of drug-likeness (QED) is 0.829. The zero-order valence-electron chi connectivity index (χ0n) is 12.0. The summed E-state index contributed by atoms with van der Waals surface area (Å²) in [6.07, 6.45) is 1.39. The lowest BCUT2D eigenvalue weighted by atomic mass is 10.3. The SMILES string of the molecule is CC(C)[NH+](C(=O)COc1ccccc1)c1ccnc(=O)[nH]1. The first-order valence-electron chi connectivity index (χ1n) is 6.71. The van der Waals surface area contributed by atoms with Gasteiger partial charge in [0.15, 0.2) is 0 Å². The van der Waals surface area contributed by atoms with Gasteiger partial charge in [0.25, 0.3) is 0 Å². The van der Waals surface area contributed by atoms with E-state index in [1.807, 2.05) is 32.0 Å². The van der Waals surface area contributed by atoms with Crippen molar-refractivity contribution in [3.8, 4) is 5.75 Å². The second kappa shape index (κ2) is 6.81. The van der Waals surface area contributed by atoms with Gasteiger partial charge in [-0.05, 0) is 26.0 Å². The molecular formula is C15H18N3O3+. The van der Waals surface area contributed by atoms with Gasteiger partial charge in [0.05, 0.1) is 6.04 Å². The van der Waals surface area contributed by atoms with Crippen LogP contribution in [-0.4, -0.2) is 28.5 Å². The monoisotopic (exact) mass is 288 g/mol. The fourth-order valence-corrected chi connectivity index (χ4v) is 2.05. The zero-order valence-corrected chi connectivity index (χ0v) is 12.0. The molecule has 0 aliphatic rings. The minimum absolute atomic E-state index is 0.0325. The molecule has 2 rings (SSSR count). The van der Waals surface area contributed by atoms with Gasteiger partial charge in [-0.2, -0.15) is 0 Å². The Morgan fingerprint density at radius 1 is 1.29 bits per heavy atom. The molecule has 0 radical (unpaired) electrons. The van der Waals surface area contributed by atoms with E-state index in [1.54, 1.807) is 18.2 Å². The number of hydrogen-bond acceptors (Lipinski definition) is 4. The summed E-state index contributed by atoms with van der Waals surface area (Å²) >= 11 is 0. The van der Waals surface area contributed by atoms with E-state index in [-0.39, 0.29) is 18.6 Å². The van der Waals surface area contributed by atoms with Crippen LogP contribution in [0.5, 0.6) is 5.75 Å². The standard InChI is InChI=1S/C15H17N3O3/c1-11(2)18(13-8-9-16-15(20)17-13)14(19)10-21-12-6-4-3-5-7-12/h3-9,11H,10H2,1-2H3,(H,16,17,20)/p+1. The highest BCUT2D eigenvalue weighted by Crippen LogP contribution is 2.07. The summed E-state index contributed by atoms with van der Waals surface area (Å²) in [5, 5.41) is 0. The lowest BCUT2D eigenvalue weighted by Crippen LogP contribution is -3.14. The van der Waals surface area contributed by atoms with E-state index >= 15 is 0 Å². The molecule has 1 aromatic heterocycles. The number of nitrogens with zero attached hydrogens (tertiary/aromatic N) is 1. The predicted octanol–water partition coefficient (Wildman–Crippen LogP) is 0.300. The van der Waals surface area contributed by atoms with Gasteiger partial charge in [0.1, 0.15) is 5.75 Å². The summed E-state index contributed by atoms with van der Waals surface area (Å²) in [6, 6.07) is 10.7. The third kappa shape index (κ3) is 4.00. The highest BCUT2D eigenvalue weighted by Gasteiger charge is 2.27. The van der Waals surface area contributed by atoms with E-state index in [0.717, 1.165) is 0 Å². The molecule has 0 saturated heterocycles. The van der Waals surface area contributed by atoms with Crippen LogP contribution in [0.25, 0.3) is 0 Å². The first-order chi connectivity index (χ1) is 10.1. The Bertz CT molecular complexity index is 652. The fraction of sp³-hybridized carbons (Fsp3) is 0.267. The van der Waals surface area contributed by atoms with Gasteiger partial charge in [0, 0.05) is 12.3 Å². The number of ether oxygens (including phenoxy) is 1. The second-order valence-electron chi connectivity index (χ2n) is 4.88. The Morgan fingerprint density at radius 3 is 2.62 bits per heavy atom. The van der Waals surface area contributed by atoms with Crippen LogP contribution in [0.1, 0.15) is 13.8 Å². The number of aromatic amines is 1. The van der Waals surface area contributed by atoms with Crippen LogP contribution in [0.4, 0.5) is 5.82 Å². The van der Waals surface area contributed by atoms with Crippen LogP contribution in [0.15, 0.2) is 47.4 Å². The fourth-order valence-electron chi connectivity index (χ4n) is 2.05. The first-order valence-corrected chi connectivity index (χ1v) is 6.71. The van der Waals surface area contributed by atoms with Crippen LogP contribution >= 0.6 is 0 Å². The summed E-state index contributed by atoms with van der Waals surface area (Å²) in [6.45, 7) is 3.73. The van der Waals surface area contributed by atoms with E-state index in [4.69, 9.17) is 4.74 Å². The lowest BCUT2D eigenvalue weighted by Gasteiger charge is -2.19. The number of amides is 1. The molecule has 1 aromatic carbocycles. The summed E-state index contributed by atoms with van der Waals surface area (Å²) in [5.41, 5.74) is -0.470. The Hall–Kier alpha value is -2.47. The van der Waals surface area contributed by atoms with Gasteiger partial charge < -0.3 is 4.74 Å². The number of benzene rings is 1. The van der Waals surface area contributed by atoms with Crippen molar-refractivity contribution in [1.29, 1.82) is 0 Å². The molecule has 1 unspecified atom stereocenters. The number of rotatable bonds is 5. The van der Waals surface area contributed by atoms with Gasteiger partial charge >= 0.3 is 11.6 Å². The largest absolute Gasteiger partial charge is 0.479 e. The number of carbonyl (C=O) groups is 1. The minimum Gasteiger partial charge on any atom is -0.479 e. The second-order valence-corrected chi connectivity index (χ2v) is 4.88. The average Bonchev–Trinajstić information content (AvgIpc) is 2.46. The van der Waals surface area contributed by atoms with Crippen molar-refractivity contribution in [2.75, 3.05) is 6.61 Å². The van der Waals surface area contributed by atoms with Crippen molar-refractivity contribution >= 4 is 11.7 Å². The van der Waals surface area contributed by atoms with Crippen molar-refractivity contribution in [2.24, 2.45) is 0 Å². The van der Waals surface area contributed by atoms with E-state index in [2.05, 4.69) is 9.97 Å². The molecule has 1 amide bonds. The average molecular weight is 288 g/mol. The van der Waals surface area contributed by atoms with E-state index in [1.165, 1.54) is 6.20 Å². The van der Waals surface area contributed by atoms with Crippen molar-refractivity contribution in [2.45, 2.75) is 19.9 Å². The van der Waals surface area contributed by atoms with Gasteiger partial charge in [-0.15, -0.1) is 0 Å². The molecule has 2 aromatic rings. The first kappa shape index (κ1) is 14.9. The molecule has 0 fully saturated rings. The normalized spacial score (nSPS) is 12.1. The number of aromatic nitrogens is 2. The van der Waals surface area contributed by atoms with E-state index in [0.29, 0.717) is 16.5 Å². The third-order valence-corrected chi connectivity index (χ3v) is 2.96. The number of quaternary nitrogens is 1. The third-order valence-electron chi connectivity index (χ3n) is 2.96. The molecule has 0 aliphatic heterocycles. The van der Waals surface area contributed by atoms with Crippen LogP contribution < -0.4 is 15.3 Å². The number of hydrogen-bond donors (Lipinski definition) is 2. The van der Waals surface area contributed by atoms with Gasteiger partial charge in [0.2, 0.25) is 12.4 Å². The Kier molecular flexibility index (Phi) is 4.84. The Labute approximate surface area is 122 Å². The number of para-hydroxylation sites is 1. The minimum atomic E-state index is -0.470. The lowest BCUT2D eigenvalue weighted by molar-refractivity contribution is -0.777. The van der Waals surface area contributed by atoms with Crippen LogP contribution in [0.3, 0.4) is 0 Å². The van der Waals surface area contributed by atoms with Gasteiger partial charge in [-0.3, -0.25) is 4.98 Å². The molecule has 0 spiro atoms. The molecule has 0 aliphatic carbocycles. The number of nitrogens with one attached hydrogen (secondary N) is 2. The van der Waals surface area contributed by atoms with Crippen molar-refractivity contribution in [3.63, 3.8) is 0 Å². The predicted molar refractivity (Wildman–Crippen MR) is 77.6 cm³/mol. The molecule has 2 N–H and O–H groups in total. The highest BCUT2D eigenvalue weighted by molar-refractivity contribution is 5.70. The van der Waals surface area contributed by atoms with Crippen molar-refractivity contribution in [1.82, 2.24) is 9.97 Å². The van der Waals surface area contributed by atoms with E-state index < -0.39 is 5.69 Å². The molecule has 0 saturated carbocycles. The summed E-state index contributed by atoms with van der Waals surface area (Å²) < 4.78 is 5.47. The molecule has 6 nitrogen and oxygen atoms in total. The molecule has 1 atom stereocenters. The zero-order chi connectivity index (χ0) is 15.2. The topological polar surface area (TPSA) is 76.5 Å². The maximum atomic E-state index is 12.4. The van der Waals surface area contributed by atoms with E-state index in [9.17, 15) is 9.59 Å². The molecule has 0 bridgehead atoms.